The molecule has 3 aliphatic carbocycles. The average molecular weight is 267 g/mol. The molecule has 0 amide bonds. The zero-order chi connectivity index (χ0) is 13.3. The molecule has 3 fully saturated rings. The summed E-state index contributed by atoms with van der Waals surface area (Å²) in [6, 6.07) is 9.20. The Morgan fingerprint density at radius 1 is 1.20 bits per heavy atom. The summed E-state index contributed by atoms with van der Waals surface area (Å²) in [5.74, 6) is 5.27. The molecule has 0 spiro atoms. The van der Waals surface area contributed by atoms with Crippen molar-refractivity contribution in [2.75, 3.05) is 0 Å². The van der Waals surface area contributed by atoms with Crippen LogP contribution in [0.15, 0.2) is 24.3 Å². The van der Waals surface area contributed by atoms with E-state index in [9.17, 15) is 0 Å². The second kappa shape index (κ2) is 3.85. The molecule has 2 aromatic rings. The summed E-state index contributed by atoms with van der Waals surface area (Å²) < 4.78 is 2.23. The molecule has 3 saturated carbocycles. The van der Waals surface area contributed by atoms with Gasteiger partial charge in [-0.25, -0.2) is 4.98 Å². The third kappa shape index (κ3) is 1.42. The summed E-state index contributed by atoms with van der Waals surface area (Å²) in [6.45, 7) is 0.919. The molecule has 1 aromatic carbocycles. The molecular weight excluding hydrogens is 246 g/mol. The van der Waals surface area contributed by atoms with Crippen LogP contribution in [0.3, 0.4) is 0 Å². The fraction of sp³-hybridized carbons (Fsp3) is 0.588. The van der Waals surface area contributed by atoms with E-state index in [0.29, 0.717) is 0 Å². The Hall–Kier alpha value is -1.35. The Labute approximate surface area is 119 Å². The van der Waals surface area contributed by atoms with Gasteiger partial charge in [-0.1, -0.05) is 12.1 Å². The minimum absolute atomic E-state index is 0.793. The maximum Gasteiger partial charge on any atom is 0.123 e. The highest BCUT2D eigenvalue weighted by molar-refractivity contribution is 5.75. The quantitative estimate of drug-likeness (QED) is 0.926. The van der Waals surface area contributed by atoms with Gasteiger partial charge in [-0.2, -0.15) is 0 Å². The van der Waals surface area contributed by atoms with Gasteiger partial charge in [0, 0.05) is 13.1 Å². The van der Waals surface area contributed by atoms with E-state index in [1.807, 2.05) is 0 Å². The van der Waals surface area contributed by atoms with Gasteiger partial charge in [-0.3, -0.25) is 0 Å². The van der Waals surface area contributed by atoms with Crippen molar-refractivity contribution in [3.63, 3.8) is 0 Å². The highest BCUT2D eigenvalue weighted by Crippen LogP contribution is 2.65. The lowest BCUT2D eigenvalue weighted by Gasteiger charge is -2.10. The standard InChI is InChI=1S/C17H21N3/c1-20-13-5-3-2-4-12(13)19-14(20)9-18-17-15-10-6-7-11(8-10)16(15)17/h2-5,10-11,15-18H,6-9H2,1H3. The van der Waals surface area contributed by atoms with Crippen molar-refractivity contribution in [2.45, 2.75) is 31.8 Å². The van der Waals surface area contributed by atoms with E-state index in [1.165, 1.54) is 30.6 Å². The molecule has 0 aliphatic heterocycles. The van der Waals surface area contributed by atoms with Crippen LogP contribution < -0.4 is 5.32 Å². The van der Waals surface area contributed by atoms with Crippen LogP contribution in [-0.2, 0) is 13.6 Å². The molecule has 20 heavy (non-hydrogen) atoms. The Balaban J connectivity index is 1.34. The van der Waals surface area contributed by atoms with Crippen LogP contribution in [-0.4, -0.2) is 15.6 Å². The number of nitrogens with one attached hydrogen (secondary N) is 1. The van der Waals surface area contributed by atoms with Gasteiger partial charge in [0.25, 0.3) is 0 Å². The first-order valence-corrected chi connectivity index (χ1v) is 7.96. The van der Waals surface area contributed by atoms with Crippen molar-refractivity contribution >= 4 is 11.0 Å². The minimum Gasteiger partial charge on any atom is -0.330 e. The predicted octanol–water partition coefficient (Wildman–Crippen LogP) is 2.71. The van der Waals surface area contributed by atoms with Gasteiger partial charge in [-0.05, 0) is 55.1 Å². The molecule has 3 aliphatic rings. The topological polar surface area (TPSA) is 29.9 Å². The SMILES string of the molecule is Cn1c(CNC2C3C4CCC(C4)C23)nc2ccccc21. The molecule has 104 valence electrons. The molecule has 1 N–H and O–H groups in total. The van der Waals surface area contributed by atoms with E-state index in [-0.39, 0.29) is 0 Å². The summed E-state index contributed by atoms with van der Waals surface area (Å²) in [6.07, 6.45) is 4.52. The van der Waals surface area contributed by atoms with Gasteiger partial charge < -0.3 is 9.88 Å². The summed E-state index contributed by atoms with van der Waals surface area (Å²) >= 11 is 0. The van der Waals surface area contributed by atoms with Gasteiger partial charge in [0.05, 0.1) is 17.6 Å². The lowest BCUT2D eigenvalue weighted by Crippen LogP contribution is -2.24. The van der Waals surface area contributed by atoms with Crippen LogP contribution in [0.4, 0.5) is 0 Å². The van der Waals surface area contributed by atoms with Crippen LogP contribution in [0.25, 0.3) is 11.0 Å². The second-order valence-corrected chi connectivity index (χ2v) is 6.97. The lowest BCUT2D eigenvalue weighted by atomic mass is 10.0. The number of nitrogens with zero attached hydrogens (tertiary/aromatic N) is 2. The summed E-state index contributed by atoms with van der Waals surface area (Å²) in [7, 11) is 2.13. The highest BCUT2D eigenvalue weighted by Gasteiger charge is 2.64. The van der Waals surface area contributed by atoms with Crippen molar-refractivity contribution in [3.05, 3.63) is 30.1 Å². The van der Waals surface area contributed by atoms with Gasteiger partial charge in [0.1, 0.15) is 5.82 Å². The van der Waals surface area contributed by atoms with E-state index in [1.54, 1.807) is 0 Å². The van der Waals surface area contributed by atoms with Crippen molar-refractivity contribution in [3.8, 4) is 0 Å². The highest BCUT2D eigenvalue weighted by atomic mass is 15.1. The number of aromatic nitrogens is 2. The molecule has 2 bridgehead atoms. The van der Waals surface area contributed by atoms with Crippen LogP contribution >= 0.6 is 0 Å². The van der Waals surface area contributed by atoms with Crippen molar-refractivity contribution in [2.24, 2.45) is 30.7 Å². The largest absolute Gasteiger partial charge is 0.330 e. The molecule has 0 radical (unpaired) electrons. The van der Waals surface area contributed by atoms with Gasteiger partial charge in [0.15, 0.2) is 0 Å². The smallest absolute Gasteiger partial charge is 0.123 e. The van der Waals surface area contributed by atoms with E-state index in [4.69, 9.17) is 4.98 Å². The summed E-state index contributed by atoms with van der Waals surface area (Å²) in [5.41, 5.74) is 2.35. The van der Waals surface area contributed by atoms with Gasteiger partial charge in [0.2, 0.25) is 0 Å². The van der Waals surface area contributed by atoms with Crippen LogP contribution in [0.5, 0.6) is 0 Å². The summed E-state index contributed by atoms with van der Waals surface area (Å²) in [5, 5.41) is 3.79. The predicted molar refractivity (Wildman–Crippen MR) is 79.2 cm³/mol. The maximum absolute atomic E-state index is 4.76. The molecule has 3 heteroatoms. The third-order valence-corrected chi connectivity index (χ3v) is 6.11. The minimum atomic E-state index is 0.793. The first kappa shape index (κ1) is 11.3. The number of benzene rings is 1. The molecule has 1 heterocycles. The molecule has 3 nitrogen and oxygen atoms in total. The van der Waals surface area contributed by atoms with Gasteiger partial charge in [-0.15, -0.1) is 0 Å². The van der Waals surface area contributed by atoms with Crippen molar-refractivity contribution in [1.29, 1.82) is 0 Å². The molecule has 0 saturated heterocycles. The molecule has 4 unspecified atom stereocenters. The Morgan fingerprint density at radius 2 is 1.95 bits per heavy atom. The van der Waals surface area contributed by atoms with Crippen molar-refractivity contribution < 1.29 is 0 Å². The Bertz CT molecular complexity index is 658. The number of rotatable bonds is 3. The zero-order valence-electron chi connectivity index (χ0n) is 11.9. The Morgan fingerprint density at radius 3 is 2.70 bits per heavy atom. The first-order chi connectivity index (χ1) is 9.83. The number of hydrogen-bond acceptors (Lipinski definition) is 2. The van der Waals surface area contributed by atoms with Crippen molar-refractivity contribution in [1.82, 2.24) is 14.9 Å². The van der Waals surface area contributed by atoms with E-state index < -0.39 is 0 Å². The third-order valence-electron chi connectivity index (χ3n) is 6.11. The van der Waals surface area contributed by atoms with E-state index in [2.05, 4.69) is 41.2 Å². The van der Waals surface area contributed by atoms with E-state index in [0.717, 1.165) is 41.8 Å². The monoisotopic (exact) mass is 267 g/mol. The lowest BCUT2D eigenvalue weighted by molar-refractivity contribution is 0.456. The molecule has 4 atom stereocenters. The van der Waals surface area contributed by atoms with Gasteiger partial charge >= 0.3 is 0 Å². The normalized spacial score (nSPS) is 37.5. The number of para-hydroxylation sites is 2. The maximum atomic E-state index is 4.76. The van der Waals surface area contributed by atoms with Crippen LogP contribution in [0.2, 0.25) is 0 Å². The molecule has 5 rings (SSSR count). The molecule has 1 aromatic heterocycles. The number of fused-ring (bicyclic) bond motifs is 6. The molecular formula is C17H21N3. The number of hydrogen-bond donors (Lipinski definition) is 1. The number of imidazole rings is 1. The van der Waals surface area contributed by atoms with Crippen LogP contribution in [0.1, 0.15) is 25.1 Å². The fourth-order valence-electron chi connectivity index (χ4n) is 5.16. The number of aryl methyl sites for hydroxylation is 1. The first-order valence-electron chi connectivity index (χ1n) is 7.96. The Kier molecular flexibility index (Phi) is 2.18. The van der Waals surface area contributed by atoms with Crippen LogP contribution in [0, 0.1) is 23.7 Å². The zero-order valence-corrected chi connectivity index (χ0v) is 11.9. The summed E-state index contributed by atoms with van der Waals surface area (Å²) in [4.78, 5) is 4.76. The second-order valence-electron chi connectivity index (χ2n) is 6.97. The van der Waals surface area contributed by atoms with E-state index >= 15 is 0 Å². The average Bonchev–Trinajstić information content (AvgIpc) is 2.79. The fourth-order valence-corrected chi connectivity index (χ4v) is 5.16.